The zero-order valence-electron chi connectivity index (χ0n) is 14.3. The third-order valence-corrected chi connectivity index (χ3v) is 4.63. The van der Waals surface area contributed by atoms with E-state index in [0.717, 1.165) is 11.1 Å². The van der Waals surface area contributed by atoms with Crippen LogP contribution in [0.4, 0.5) is 0 Å². The van der Waals surface area contributed by atoms with Gasteiger partial charge >= 0.3 is 0 Å². The zero-order valence-corrected chi connectivity index (χ0v) is 15.8. The molecule has 3 heterocycles. The molecule has 0 saturated carbocycles. The minimum atomic E-state index is -0.204. The quantitative estimate of drug-likeness (QED) is 0.505. The smallest absolute Gasteiger partial charge is 0.267 e. The number of pyridine rings is 1. The molecule has 0 aliphatic rings. The van der Waals surface area contributed by atoms with E-state index in [4.69, 9.17) is 23.2 Å². The Hall–Kier alpha value is -2.89. The highest BCUT2D eigenvalue weighted by atomic mass is 35.5. The maximum atomic E-state index is 12.8. The molecule has 0 unspecified atom stereocenters. The second-order valence-corrected chi connectivity index (χ2v) is 6.87. The maximum absolute atomic E-state index is 12.8. The summed E-state index contributed by atoms with van der Waals surface area (Å²) in [5.74, 6) is 0. The minimum Gasteiger partial charge on any atom is -0.267 e. The van der Waals surface area contributed by atoms with Crippen LogP contribution in [-0.2, 0) is 0 Å². The SMILES string of the molecule is Cc1cn(-c2ccc(Cl)cc2Cl)n2c(=O)cc(C=Cc3cccnc3)nc12. The Kier molecular flexibility index (Phi) is 4.56. The fourth-order valence-corrected chi connectivity index (χ4v) is 3.34. The molecule has 5 nitrogen and oxygen atoms in total. The molecule has 0 spiro atoms. The van der Waals surface area contributed by atoms with E-state index >= 15 is 0 Å². The molecule has 3 aromatic heterocycles. The van der Waals surface area contributed by atoms with Gasteiger partial charge in [0.1, 0.15) is 0 Å². The second kappa shape index (κ2) is 7.02. The van der Waals surface area contributed by atoms with Gasteiger partial charge in [0.05, 0.1) is 16.4 Å². The highest BCUT2D eigenvalue weighted by Crippen LogP contribution is 2.25. The predicted molar refractivity (Wildman–Crippen MR) is 109 cm³/mol. The minimum absolute atomic E-state index is 0.204. The molecular weight excluding hydrogens is 383 g/mol. The number of benzene rings is 1. The van der Waals surface area contributed by atoms with Crippen molar-refractivity contribution in [2.45, 2.75) is 6.92 Å². The first-order valence-electron chi connectivity index (χ1n) is 8.18. The van der Waals surface area contributed by atoms with E-state index in [2.05, 4.69) is 9.97 Å². The second-order valence-electron chi connectivity index (χ2n) is 6.03. The van der Waals surface area contributed by atoms with Crippen LogP contribution >= 0.6 is 23.2 Å². The molecule has 7 heteroatoms. The number of rotatable bonds is 3. The molecule has 0 fully saturated rings. The molecule has 1 aromatic carbocycles. The van der Waals surface area contributed by atoms with Crippen molar-refractivity contribution in [3.63, 3.8) is 0 Å². The van der Waals surface area contributed by atoms with E-state index < -0.39 is 0 Å². The number of fused-ring (bicyclic) bond motifs is 1. The summed E-state index contributed by atoms with van der Waals surface area (Å²) in [7, 11) is 0. The average molecular weight is 397 g/mol. The van der Waals surface area contributed by atoms with Gasteiger partial charge in [-0.25, -0.2) is 4.98 Å². The Morgan fingerprint density at radius 3 is 2.70 bits per heavy atom. The fourth-order valence-electron chi connectivity index (χ4n) is 2.84. The standard InChI is InChI=1S/C20H14Cl2N4O/c1-13-12-25(18-7-5-15(21)9-17(18)22)26-19(27)10-16(24-20(13)26)6-4-14-3-2-8-23-11-14/h2-12H,1H3. The van der Waals surface area contributed by atoms with Gasteiger partial charge in [-0.05, 0) is 42.8 Å². The first-order chi connectivity index (χ1) is 13.0. The molecule has 0 aliphatic carbocycles. The van der Waals surface area contributed by atoms with Crippen molar-refractivity contribution in [3.05, 3.63) is 92.2 Å². The van der Waals surface area contributed by atoms with Gasteiger partial charge in [-0.3, -0.25) is 14.5 Å². The number of aromatic nitrogens is 4. The van der Waals surface area contributed by atoms with Gasteiger partial charge in [-0.2, -0.15) is 4.52 Å². The van der Waals surface area contributed by atoms with E-state index in [0.29, 0.717) is 27.1 Å². The van der Waals surface area contributed by atoms with E-state index in [1.54, 1.807) is 41.4 Å². The predicted octanol–water partition coefficient (Wildman–Crippen LogP) is 4.67. The third-order valence-electron chi connectivity index (χ3n) is 4.09. The van der Waals surface area contributed by atoms with Crippen LogP contribution in [-0.4, -0.2) is 19.2 Å². The zero-order chi connectivity index (χ0) is 19.0. The number of halogens is 2. The van der Waals surface area contributed by atoms with Crippen molar-refractivity contribution in [1.29, 1.82) is 0 Å². The van der Waals surface area contributed by atoms with Crippen LogP contribution in [0.25, 0.3) is 23.5 Å². The van der Waals surface area contributed by atoms with Gasteiger partial charge in [0.2, 0.25) is 0 Å². The van der Waals surface area contributed by atoms with Crippen LogP contribution in [0.3, 0.4) is 0 Å². The summed E-state index contributed by atoms with van der Waals surface area (Å²) in [5.41, 5.74) is 3.38. The van der Waals surface area contributed by atoms with E-state index in [1.165, 1.54) is 10.6 Å². The fraction of sp³-hybridized carbons (Fsp3) is 0.0500. The summed E-state index contributed by atoms with van der Waals surface area (Å²) in [6.45, 7) is 1.90. The molecule has 0 atom stereocenters. The summed E-state index contributed by atoms with van der Waals surface area (Å²) in [5, 5.41) is 0.983. The highest BCUT2D eigenvalue weighted by Gasteiger charge is 2.13. The summed E-state index contributed by atoms with van der Waals surface area (Å²) in [4.78, 5) is 21.5. The third kappa shape index (κ3) is 3.39. The van der Waals surface area contributed by atoms with Crippen LogP contribution in [0.1, 0.15) is 16.8 Å². The lowest BCUT2D eigenvalue weighted by atomic mass is 10.2. The molecule has 27 heavy (non-hydrogen) atoms. The van der Waals surface area contributed by atoms with Gasteiger partial charge in [0.15, 0.2) is 5.65 Å². The molecule has 0 aliphatic heterocycles. The Morgan fingerprint density at radius 2 is 1.96 bits per heavy atom. The molecule has 4 aromatic rings. The van der Waals surface area contributed by atoms with Gasteiger partial charge in [0.25, 0.3) is 5.56 Å². The van der Waals surface area contributed by atoms with Crippen LogP contribution in [0, 0.1) is 6.92 Å². The lowest BCUT2D eigenvalue weighted by molar-refractivity contribution is 0.763. The Labute approximate surface area is 165 Å². The van der Waals surface area contributed by atoms with Crippen molar-refractivity contribution in [2.24, 2.45) is 0 Å². The largest absolute Gasteiger partial charge is 0.273 e. The molecule has 134 valence electrons. The van der Waals surface area contributed by atoms with E-state index in [-0.39, 0.29) is 5.56 Å². The first-order valence-corrected chi connectivity index (χ1v) is 8.94. The van der Waals surface area contributed by atoms with Gasteiger partial charge < -0.3 is 0 Å². The Bertz CT molecular complexity index is 1230. The lowest BCUT2D eigenvalue weighted by Crippen LogP contribution is -2.20. The summed E-state index contributed by atoms with van der Waals surface area (Å²) in [6.07, 6.45) is 8.94. The topological polar surface area (TPSA) is 52.2 Å². The van der Waals surface area contributed by atoms with Crippen LogP contribution in [0.2, 0.25) is 10.0 Å². The number of nitrogens with zero attached hydrogens (tertiary/aromatic N) is 4. The molecule has 0 N–H and O–H groups in total. The normalized spacial score (nSPS) is 11.5. The van der Waals surface area contributed by atoms with Crippen LogP contribution < -0.4 is 5.56 Å². The maximum Gasteiger partial charge on any atom is 0.273 e. The summed E-state index contributed by atoms with van der Waals surface area (Å²) < 4.78 is 3.18. The highest BCUT2D eigenvalue weighted by molar-refractivity contribution is 6.35. The van der Waals surface area contributed by atoms with Crippen LogP contribution in [0.15, 0.2) is 59.8 Å². The van der Waals surface area contributed by atoms with E-state index in [9.17, 15) is 4.79 Å². The Morgan fingerprint density at radius 1 is 1.11 bits per heavy atom. The van der Waals surface area contributed by atoms with Gasteiger partial charge in [0, 0.05) is 35.2 Å². The molecule has 0 bridgehead atoms. The number of hydrogen-bond donors (Lipinski definition) is 0. The summed E-state index contributed by atoms with van der Waals surface area (Å²) in [6, 6.07) is 10.4. The lowest BCUT2D eigenvalue weighted by Gasteiger charge is -2.08. The monoisotopic (exact) mass is 396 g/mol. The molecule has 0 amide bonds. The molecule has 4 rings (SSSR count). The molecule has 0 saturated heterocycles. The van der Waals surface area contributed by atoms with Crippen molar-refractivity contribution in [1.82, 2.24) is 19.2 Å². The van der Waals surface area contributed by atoms with Crippen molar-refractivity contribution in [2.75, 3.05) is 0 Å². The number of aryl methyl sites for hydroxylation is 1. The van der Waals surface area contributed by atoms with Gasteiger partial charge in [-0.15, -0.1) is 0 Å². The molecular formula is C20H14Cl2N4O. The van der Waals surface area contributed by atoms with Crippen molar-refractivity contribution in [3.8, 4) is 5.69 Å². The first kappa shape index (κ1) is 17.5. The average Bonchev–Trinajstić information content (AvgIpc) is 2.98. The van der Waals surface area contributed by atoms with Gasteiger partial charge in [-0.1, -0.05) is 35.3 Å². The van der Waals surface area contributed by atoms with Crippen LogP contribution in [0.5, 0.6) is 0 Å². The van der Waals surface area contributed by atoms with Crippen molar-refractivity contribution < 1.29 is 0 Å². The van der Waals surface area contributed by atoms with Crippen molar-refractivity contribution >= 4 is 41.0 Å². The number of hydrogen-bond acceptors (Lipinski definition) is 3. The van der Waals surface area contributed by atoms with E-state index in [1.807, 2.05) is 31.3 Å². The Balaban J connectivity index is 1.84. The molecule has 0 radical (unpaired) electrons. The summed E-state index contributed by atoms with van der Waals surface area (Å²) >= 11 is 12.3.